The lowest BCUT2D eigenvalue weighted by atomic mass is 9.99. The fourth-order valence-electron chi connectivity index (χ4n) is 7.19. The minimum atomic E-state index is 0.872. The molecule has 0 bridgehead atoms. The van der Waals surface area contributed by atoms with Gasteiger partial charge in [-0.2, -0.15) is 0 Å². The van der Waals surface area contributed by atoms with Gasteiger partial charge in [0.25, 0.3) is 0 Å². The molecule has 0 amide bonds. The summed E-state index contributed by atoms with van der Waals surface area (Å²) in [4.78, 5) is 2.30. The third kappa shape index (κ3) is 4.67. The summed E-state index contributed by atoms with van der Waals surface area (Å²) >= 11 is 0. The summed E-state index contributed by atoms with van der Waals surface area (Å²) in [6, 6.07) is 62.2. The second kappa shape index (κ2) is 11.0. The highest BCUT2D eigenvalue weighted by molar-refractivity contribution is 6.10. The Hall–Kier alpha value is -6.58. The molecule has 0 N–H and O–H groups in total. The molecule has 0 spiro atoms. The standard InChI is InChI=1S/C46H29NO2/c1-2-8-30(9-3-1)31-16-20-36(21-17-31)47(38-24-25-41-39-10-4-6-12-43(39)49-46(41)29-38)37-22-18-32(19-23-37)33-14-15-34-28-45-42(27-35(34)26-33)40-11-5-7-13-44(40)48-45/h1-29H. The van der Waals surface area contributed by atoms with Crippen LogP contribution in [-0.4, -0.2) is 0 Å². The Balaban J connectivity index is 1.06. The van der Waals surface area contributed by atoms with Crippen molar-refractivity contribution >= 4 is 71.7 Å². The maximum atomic E-state index is 6.32. The molecule has 10 rings (SSSR count). The van der Waals surface area contributed by atoms with Crippen LogP contribution in [0.3, 0.4) is 0 Å². The van der Waals surface area contributed by atoms with Gasteiger partial charge in [0, 0.05) is 44.7 Å². The van der Waals surface area contributed by atoms with Gasteiger partial charge in [0.1, 0.15) is 22.3 Å². The van der Waals surface area contributed by atoms with E-state index in [0.29, 0.717) is 0 Å². The van der Waals surface area contributed by atoms with Crippen molar-refractivity contribution in [2.24, 2.45) is 0 Å². The molecule has 0 radical (unpaired) electrons. The van der Waals surface area contributed by atoms with Crippen molar-refractivity contribution in [3.8, 4) is 22.3 Å². The van der Waals surface area contributed by atoms with E-state index in [1.165, 1.54) is 22.1 Å². The van der Waals surface area contributed by atoms with E-state index in [2.05, 4.69) is 157 Å². The number of fused-ring (bicyclic) bond motifs is 7. The highest BCUT2D eigenvalue weighted by atomic mass is 16.3. The number of rotatable bonds is 5. The number of furan rings is 2. The quantitative estimate of drug-likeness (QED) is 0.190. The van der Waals surface area contributed by atoms with Crippen molar-refractivity contribution in [1.82, 2.24) is 0 Å². The van der Waals surface area contributed by atoms with Crippen LogP contribution in [-0.2, 0) is 0 Å². The summed E-state index contributed by atoms with van der Waals surface area (Å²) in [6.07, 6.45) is 0. The van der Waals surface area contributed by atoms with Gasteiger partial charge in [0.15, 0.2) is 0 Å². The molecule has 0 saturated heterocycles. The number of hydrogen-bond donors (Lipinski definition) is 0. The van der Waals surface area contributed by atoms with Crippen molar-refractivity contribution in [3.63, 3.8) is 0 Å². The molecule has 2 heterocycles. The third-order valence-corrected chi connectivity index (χ3v) is 9.65. The van der Waals surface area contributed by atoms with Crippen molar-refractivity contribution < 1.29 is 8.83 Å². The molecule has 3 nitrogen and oxygen atoms in total. The number of para-hydroxylation sites is 2. The first-order valence-electron chi connectivity index (χ1n) is 16.6. The maximum absolute atomic E-state index is 6.32. The molecule has 0 saturated carbocycles. The molecule has 2 aromatic heterocycles. The van der Waals surface area contributed by atoms with Crippen molar-refractivity contribution in [2.75, 3.05) is 4.90 Å². The second-order valence-corrected chi connectivity index (χ2v) is 12.6. The van der Waals surface area contributed by atoms with Gasteiger partial charge in [-0.3, -0.25) is 0 Å². The highest BCUT2D eigenvalue weighted by Crippen LogP contribution is 2.40. The lowest BCUT2D eigenvalue weighted by Crippen LogP contribution is -2.09. The molecule has 49 heavy (non-hydrogen) atoms. The van der Waals surface area contributed by atoms with Crippen LogP contribution in [0.2, 0.25) is 0 Å². The smallest absolute Gasteiger partial charge is 0.137 e. The zero-order chi connectivity index (χ0) is 32.3. The minimum absolute atomic E-state index is 0.872. The number of nitrogens with zero attached hydrogens (tertiary/aromatic N) is 1. The van der Waals surface area contributed by atoms with Gasteiger partial charge in [-0.25, -0.2) is 0 Å². The average Bonchev–Trinajstić information content (AvgIpc) is 3.72. The van der Waals surface area contributed by atoms with Crippen molar-refractivity contribution in [2.45, 2.75) is 0 Å². The first kappa shape index (κ1) is 27.5. The third-order valence-electron chi connectivity index (χ3n) is 9.65. The first-order valence-corrected chi connectivity index (χ1v) is 16.6. The van der Waals surface area contributed by atoms with Gasteiger partial charge < -0.3 is 13.7 Å². The molecule has 0 aliphatic carbocycles. The van der Waals surface area contributed by atoms with Crippen LogP contribution in [0.1, 0.15) is 0 Å². The summed E-state index contributed by atoms with van der Waals surface area (Å²) in [5, 5.41) is 6.89. The Labute approximate surface area is 282 Å². The predicted molar refractivity (Wildman–Crippen MR) is 204 cm³/mol. The molecule has 230 valence electrons. The molecule has 0 atom stereocenters. The van der Waals surface area contributed by atoms with Crippen LogP contribution in [0.25, 0.3) is 76.9 Å². The van der Waals surface area contributed by atoms with E-state index in [1.807, 2.05) is 24.3 Å². The second-order valence-electron chi connectivity index (χ2n) is 12.6. The lowest BCUT2D eigenvalue weighted by Gasteiger charge is -2.26. The summed E-state index contributed by atoms with van der Waals surface area (Å²) in [7, 11) is 0. The number of benzene rings is 8. The highest BCUT2D eigenvalue weighted by Gasteiger charge is 2.16. The Morgan fingerprint density at radius 3 is 1.49 bits per heavy atom. The van der Waals surface area contributed by atoms with Gasteiger partial charge in [-0.1, -0.05) is 103 Å². The van der Waals surface area contributed by atoms with Gasteiger partial charge in [0.05, 0.1) is 0 Å². The zero-order valence-corrected chi connectivity index (χ0v) is 26.5. The Morgan fingerprint density at radius 1 is 0.286 bits per heavy atom. The zero-order valence-electron chi connectivity index (χ0n) is 26.5. The molecule has 0 aliphatic rings. The monoisotopic (exact) mass is 627 g/mol. The van der Waals surface area contributed by atoms with E-state index in [0.717, 1.165) is 71.9 Å². The summed E-state index contributed by atoms with van der Waals surface area (Å²) < 4.78 is 12.5. The molecule has 0 aliphatic heterocycles. The normalized spacial score (nSPS) is 11.7. The van der Waals surface area contributed by atoms with Crippen LogP contribution in [0.4, 0.5) is 17.1 Å². The van der Waals surface area contributed by atoms with E-state index in [-0.39, 0.29) is 0 Å². The fraction of sp³-hybridized carbons (Fsp3) is 0. The van der Waals surface area contributed by atoms with E-state index in [1.54, 1.807) is 0 Å². The number of anilines is 3. The largest absolute Gasteiger partial charge is 0.456 e. The SMILES string of the molecule is c1ccc(-c2ccc(N(c3ccc(-c4ccc5cc6oc7ccccc7c6cc5c4)cc3)c3ccc4c(c3)oc3ccccc34)cc2)cc1. The minimum Gasteiger partial charge on any atom is -0.456 e. The van der Waals surface area contributed by atoms with E-state index >= 15 is 0 Å². The van der Waals surface area contributed by atoms with E-state index < -0.39 is 0 Å². The van der Waals surface area contributed by atoms with Crippen LogP contribution in [0.15, 0.2) is 185 Å². The average molecular weight is 628 g/mol. The van der Waals surface area contributed by atoms with Crippen LogP contribution < -0.4 is 4.90 Å². The fourth-order valence-corrected chi connectivity index (χ4v) is 7.19. The van der Waals surface area contributed by atoms with E-state index in [4.69, 9.17) is 8.83 Å². The predicted octanol–water partition coefficient (Wildman–Crippen LogP) is 13.4. The lowest BCUT2D eigenvalue weighted by molar-refractivity contribution is 0.669. The summed E-state index contributed by atoms with van der Waals surface area (Å²) in [5.74, 6) is 0. The molecular formula is C46H29NO2. The summed E-state index contributed by atoms with van der Waals surface area (Å²) in [5.41, 5.74) is 11.5. The van der Waals surface area contributed by atoms with Gasteiger partial charge in [0.2, 0.25) is 0 Å². The Bertz CT molecular complexity index is 2810. The van der Waals surface area contributed by atoms with Crippen molar-refractivity contribution in [1.29, 1.82) is 0 Å². The molecule has 3 heteroatoms. The maximum Gasteiger partial charge on any atom is 0.137 e. The van der Waals surface area contributed by atoms with Gasteiger partial charge in [-0.05, 0) is 99.8 Å². The molecule has 10 aromatic rings. The first-order chi connectivity index (χ1) is 24.2. The van der Waals surface area contributed by atoms with Gasteiger partial charge >= 0.3 is 0 Å². The topological polar surface area (TPSA) is 29.5 Å². The molecule has 0 fully saturated rings. The number of hydrogen-bond acceptors (Lipinski definition) is 3. The molecule has 0 unspecified atom stereocenters. The van der Waals surface area contributed by atoms with Crippen molar-refractivity contribution in [3.05, 3.63) is 176 Å². The Morgan fingerprint density at radius 2 is 0.796 bits per heavy atom. The molecular weight excluding hydrogens is 599 g/mol. The van der Waals surface area contributed by atoms with Gasteiger partial charge in [-0.15, -0.1) is 0 Å². The Kier molecular flexibility index (Phi) is 6.18. The molecule has 8 aromatic carbocycles. The van der Waals surface area contributed by atoms with E-state index in [9.17, 15) is 0 Å². The van der Waals surface area contributed by atoms with Crippen LogP contribution in [0, 0.1) is 0 Å². The van der Waals surface area contributed by atoms with Crippen LogP contribution in [0.5, 0.6) is 0 Å². The van der Waals surface area contributed by atoms with Crippen LogP contribution >= 0.6 is 0 Å². The summed E-state index contributed by atoms with van der Waals surface area (Å²) in [6.45, 7) is 0.